The number of hydrogen-bond acceptors (Lipinski definition) is 7. The summed E-state index contributed by atoms with van der Waals surface area (Å²) in [6, 6.07) is 6.98. The van der Waals surface area contributed by atoms with Crippen molar-refractivity contribution in [3.05, 3.63) is 47.5 Å². The lowest BCUT2D eigenvalue weighted by molar-refractivity contribution is -0.303. The summed E-state index contributed by atoms with van der Waals surface area (Å²) in [5.41, 5.74) is 0.786. The number of imidazole rings is 1. The molecule has 39 heavy (non-hydrogen) atoms. The molecule has 5 heterocycles. The van der Waals surface area contributed by atoms with Crippen LogP contribution < -0.4 is 0 Å². The van der Waals surface area contributed by atoms with E-state index in [2.05, 4.69) is 30.9 Å². The van der Waals surface area contributed by atoms with Crippen molar-refractivity contribution in [3.8, 4) is 0 Å². The molecule has 206 valence electrons. The molecule has 1 aromatic carbocycles. The number of fused-ring (bicyclic) bond motifs is 2. The summed E-state index contributed by atoms with van der Waals surface area (Å²) in [7, 11) is -3.61. The van der Waals surface area contributed by atoms with Crippen LogP contribution in [-0.4, -0.2) is 73.3 Å². The fourth-order valence-corrected chi connectivity index (χ4v) is 7.33. The molecule has 2 aliphatic rings. The van der Waals surface area contributed by atoms with Crippen molar-refractivity contribution in [1.82, 2.24) is 29.2 Å². The molecule has 3 aromatic heterocycles. The highest BCUT2D eigenvalue weighted by Crippen LogP contribution is 2.57. The lowest BCUT2D eigenvalue weighted by Gasteiger charge is -2.61. The molecular formula is C26H29ClN6O5S. The first-order chi connectivity index (χ1) is 18.3. The van der Waals surface area contributed by atoms with Crippen LogP contribution in [0.3, 0.4) is 0 Å². The number of aromatic nitrogens is 5. The second-order valence-corrected chi connectivity index (χ2v) is 13.8. The van der Waals surface area contributed by atoms with Gasteiger partial charge in [0, 0.05) is 29.4 Å². The van der Waals surface area contributed by atoms with Gasteiger partial charge in [0.2, 0.25) is 0 Å². The lowest BCUT2D eigenvalue weighted by atomic mass is 9.69. The van der Waals surface area contributed by atoms with E-state index in [0.717, 1.165) is 18.2 Å². The fraction of sp³-hybridized carbons (Fsp3) is 0.462. The Kier molecular flexibility index (Phi) is 5.76. The third-order valence-corrected chi connectivity index (χ3v) is 8.99. The number of halogens is 1. The van der Waals surface area contributed by atoms with E-state index in [-0.39, 0.29) is 23.1 Å². The molecule has 0 aliphatic carbocycles. The Morgan fingerprint density at radius 2 is 2.03 bits per heavy atom. The topological polar surface area (TPSA) is 132 Å². The van der Waals surface area contributed by atoms with Gasteiger partial charge in [0.15, 0.2) is 21.1 Å². The third-order valence-electron chi connectivity index (χ3n) is 7.75. The van der Waals surface area contributed by atoms with Crippen LogP contribution in [0.25, 0.3) is 21.9 Å². The first kappa shape index (κ1) is 26.0. The molecule has 0 saturated carbocycles. The van der Waals surface area contributed by atoms with Crippen LogP contribution in [0.1, 0.15) is 45.7 Å². The Balaban J connectivity index is 1.55. The monoisotopic (exact) mass is 572 g/mol. The van der Waals surface area contributed by atoms with Crippen molar-refractivity contribution in [2.24, 2.45) is 5.41 Å². The summed E-state index contributed by atoms with van der Waals surface area (Å²) in [5.74, 6) is 0.537. The Morgan fingerprint density at radius 3 is 2.72 bits per heavy atom. The summed E-state index contributed by atoms with van der Waals surface area (Å²) >= 11 is 6.31. The Bertz CT molecular complexity index is 1740. The van der Waals surface area contributed by atoms with Crippen molar-refractivity contribution in [3.63, 3.8) is 0 Å². The minimum absolute atomic E-state index is 0.0392. The largest absolute Gasteiger partial charge is 0.465 e. The van der Waals surface area contributed by atoms with E-state index < -0.39 is 27.7 Å². The van der Waals surface area contributed by atoms with Crippen LogP contribution in [0.5, 0.6) is 0 Å². The van der Waals surface area contributed by atoms with Gasteiger partial charge in [-0.2, -0.15) is 5.10 Å². The lowest BCUT2D eigenvalue weighted by Crippen LogP contribution is -2.72. The predicted octanol–water partition coefficient (Wildman–Crippen LogP) is 4.34. The molecule has 6 rings (SSSR count). The summed E-state index contributed by atoms with van der Waals surface area (Å²) in [5, 5.41) is 15.6. The molecule has 0 bridgehead atoms. The van der Waals surface area contributed by atoms with Crippen molar-refractivity contribution >= 4 is 49.5 Å². The average Bonchev–Trinajstić information content (AvgIpc) is 3.53. The molecule has 0 radical (unpaired) electrons. The standard InChI is InChI=1S/C26H29ClN6O5S/c1-25(2,3)22-26(9-5-11-31(26)24(34)35)23(38-22)33-18-7-6-15(27)12-17(18)29-20(33)14-32-19-13-28-10-8-16(19)21(30-32)39(4,36)37/h6-8,10,12-13,22-23H,5,9,11,14H2,1-4H3,(H,34,35). The van der Waals surface area contributed by atoms with Gasteiger partial charge in [-0.15, -0.1) is 0 Å². The normalized spacial score (nSPS) is 23.7. The van der Waals surface area contributed by atoms with Crippen LogP contribution in [0.2, 0.25) is 5.02 Å². The molecule has 2 saturated heterocycles. The number of likely N-dealkylation sites (tertiary alicyclic amines) is 1. The Morgan fingerprint density at radius 1 is 1.26 bits per heavy atom. The van der Waals surface area contributed by atoms with Gasteiger partial charge in [0.1, 0.15) is 11.4 Å². The Labute approximate surface area is 230 Å². The van der Waals surface area contributed by atoms with E-state index in [1.807, 2.05) is 10.6 Å². The number of sulfone groups is 1. The average molecular weight is 573 g/mol. The minimum Gasteiger partial charge on any atom is -0.465 e. The number of rotatable bonds is 4. The van der Waals surface area contributed by atoms with Gasteiger partial charge in [-0.3, -0.25) is 19.1 Å². The highest BCUT2D eigenvalue weighted by atomic mass is 35.5. The molecule has 2 aliphatic heterocycles. The minimum atomic E-state index is -3.61. The van der Waals surface area contributed by atoms with Gasteiger partial charge in [0.05, 0.1) is 35.4 Å². The van der Waals surface area contributed by atoms with Gasteiger partial charge >= 0.3 is 6.09 Å². The zero-order valence-corrected chi connectivity index (χ0v) is 23.6. The number of carbonyl (C=O) groups is 1. The molecular weight excluding hydrogens is 544 g/mol. The first-order valence-electron chi connectivity index (χ1n) is 12.7. The number of ether oxygens (including phenoxy) is 1. The van der Waals surface area contributed by atoms with Crippen LogP contribution in [0.4, 0.5) is 4.79 Å². The van der Waals surface area contributed by atoms with Crippen molar-refractivity contribution in [2.75, 3.05) is 12.8 Å². The number of hydrogen-bond donors (Lipinski definition) is 1. The molecule has 3 atom stereocenters. The van der Waals surface area contributed by atoms with E-state index >= 15 is 0 Å². The van der Waals surface area contributed by atoms with Crippen molar-refractivity contribution in [1.29, 1.82) is 0 Å². The maximum absolute atomic E-state index is 12.5. The highest BCUT2D eigenvalue weighted by Gasteiger charge is 2.67. The van der Waals surface area contributed by atoms with Gasteiger partial charge in [-0.1, -0.05) is 32.4 Å². The van der Waals surface area contributed by atoms with Crippen LogP contribution in [-0.2, 0) is 21.1 Å². The number of amides is 1. The SMILES string of the molecule is CC(C)(C)C1OC(n2c(Cn3nc(S(C)(=O)=O)c4ccncc43)nc3cc(Cl)ccc32)C12CCCN2C(=O)O. The van der Waals surface area contributed by atoms with E-state index in [9.17, 15) is 18.3 Å². The molecule has 1 spiro atoms. The maximum Gasteiger partial charge on any atom is 0.408 e. The van der Waals surface area contributed by atoms with Gasteiger partial charge in [-0.25, -0.2) is 18.2 Å². The van der Waals surface area contributed by atoms with Crippen molar-refractivity contribution < 1.29 is 23.1 Å². The summed E-state index contributed by atoms with van der Waals surface area (Å²) in [6.07, 6.45) is 3.63. The van der Waals surface area contributed by atoms with Gasteiger partial charge in [0.25, 0.3) is 0 Å². The summed E-state index contributed by atoms with van der Waals surface area (Å²) in [6.45, 7) is 6.68. The number of pyridine rings is 1. The molecule has 11 nitrogen and oxygen atoms in total. The fourth-order valence-electron chi connectivity index (χ4n) is 6.34. The van der Waals surface area contributed by atoms with E-state index in [0.29, 0.717) is 40.2 Å². The number of carboxylic acid groups (broad SMARTS) is 1. The van der Waals surface area contributed by atoms with Crippen molar-refractivity contribution in [2.45, 2.75) is 63.1 Å². The van der Waals surface area contributed by atoms with Crippen LogP contribution >= 0.6 is 11.6 Å². The first-order valence-corrected chi connectivity index (χ1v) is 14.9. The number of nitrogens with zero attached hydrogens (tertiary/aromatic N) is 6. The molecule has 2 fully saturated rings. The highest BCUT2D eigenvalue weighted by molar-refractivity contribution is 7.90. The van der Waals surface area contributed by atoms with Crippen LogP contribution in [0.15, 0.2) is 41.7 Å². The molecule has 1 amide bonds. The van der Waals surface area contributed by atoms with E-state index in [1.54, 1.807) is 29.1 Å². The van der Waals surface area contributed by atoms with Gasteiger partial charge < -0.3 is 9.84 Å². The van der Waals surface area contributed by atoms with E-state index in [1.165, 1.54) is 11.1 Å². The molecule has 4 aromatic rings. The quantitative estimate of drug-likeness (QED) is 0.382. The Hall–Kier alpha value is -3.22. The molecule has 13 heteroatoms. The smallest absolute Gasteiger partial charge is 0.408 e. The second-order valence-electron chi connectivity index (χ2n) is 11.4. The van der Waals surface area contributed by atoms with Crippen LogP contribution in [0, 0.1) is 5.41 Å². The van der Waals surface area contributed by atoms with Gasteiger partial charge in [-0.05, 0) is 42.5 Å². The second kappa shape index (κ2) is 8.64. The van der Waals surface area contributed by atoms with E-state index in [4.69, 9.17) is 21.3 Å². The third kappa shape index (κ3) is 3.91. The summed E-state index contributed by atoms with van der Waals surface area (Å²) in [4.78, 5) is 23.0. The number of benzene rings is 1. The maximum atomic E-state index is 12.5. The predicted molar refractivity (Wildman–Crippen MR) is 145 cm³/mol. The molecule has 3 unspecified atom stereocenters. The molecule has 1 N–H and O–H groups in total. The summed E-state index contributed by atoms with van der Waals surface area (Å²) < 4.78 is 35.1. The zero-order valence-electron chi connectivity index (χ0n) is 22.0. The zero-order chi connectivity index (χ0) is 27.9.